The lowest BCUT2D eigenvalue weighted by Gasteiger charge is -2.41. The Kier molecular flexibility index (Phi) is 23.2. The molecule has 7 atom stereocenters. The maximum absolute atomic E-state index is 12.7. The molecule has 1 aliphatic rings. The Morgan fingerprint density at radius 3 is 1.93 bits per heavy atom. The van der Waals surface area contributed by atoms with Crippen LogP contribution in [0.5, 0.6) is 0 Å². The van der Waals surface area contributed by atoms with Crippen LogP contribution in [0.4, 0.5) is 0 Å². The van der Waals surface area contributed by atoms with Gasteiger partial charge >= 0.3 is 10.4 Å². The van der Waals surface area contributed by atoms with E-state index in [1.807, 2.05) is 6.08 Å². The topological polar surface area (TPSA) is 192 Å². The fourth-order valence-electron chi connectivity index (χ4n) is 5.33. The Balaban J connectivity index is 2.67. The van der Waals surface area contributed by atoms with Crippen LogP contribution in [-0.4, -0.2) is 95.4 Å². The van der Waals surface area contributed by atoms with Gasteiger partial charge in [-0.2, -0.15) is 8.42 Å². The molecule has 266 valence electrons. The maximum Gasteiger partial charge on any atom is 0.397 e. The minimum atomic E-state index is -5.07. The summed E-state index contributed by atoms with van der Waals surface area (Å²) in [7, 11) is -5.07. The van der Waals surface area contributed by atoms with E-state index in [4.69, 9.17) is 14.0 Å². The summed E-state index contributed by atoms with van der Waals surface area (Å²) in [5, 5.41) is 44.1. The molecular weight excluding hydrogens is 606 g/mol. The smallest absolute Gasteiger partial charge is 0.394 e. The zero-order valence-corrected chi connectivity index (χ0v) is 28.2. The van der Waals surface area contributed by atoms with Gasteiger partial charge in [0.1, 0.15) is 24.4 Å². The summed E-state index contributed by atoms with van der Waals surface area (Å²) in [5.41, 5.74) is 0. The Morgan fingerprint density at radius 1 is 0.867 bits per heavy atom. The second-order valence-electron chi connectivity index (χ2n) is 12.1. The van der Waals surface area contributed by atoms with Crippen LogP contribution in [0.2, 0.25) is 0 Å². The molecule has 0 spiro atoms. The number of ether oxygens (including phenoxy) is 2. The van der Waals surface area contributed by atoms with Crippen LogP contribution >= 0.6 is 0 Å². The number of aliphatic hydroxyl groups is 4. The molecule has 45 heavy (non-hydrogen) atoms. The molecule has 0 bridgehead atoms. The lowest BCUT2D eigenvalue weighted by Crippen LogP contribution is -2.61. The van der Waals surface area contributed by atoms with Crippen molar-refractivity contribution in [3.05, 3.63) is 12.2 Å². The lowest BCUT2D eigenvalue weighted by molar-refractivity contribution is -0.298. The van der Waals surface area contributed by atoms with Gasteiger partial charge in [0.05, 0.1) is 25.4 Å². The number of hydrogen-bond acceptors (Lipinski definition) is 10. The molecule has 1 rings (SSSR count). The Bertz CT molecular complexity index is 888. The van der Waals surface area contributed by atoms with Crippen molar-refractivity contribution in [2.24, 2.45) is 0 Å². The summed E-state index contributed by atoms with van der Waals surface area (Å²) < 4.78 is 47.0. The molecule has 1 aliphatic heterocycles. The number of allylic oxidation sites excluding steroid dienone is 1. The van der Waals surface area contributed by atoms with Crippen LogP contribution in [0.25, 0.3) is 0 Å². The van der Waals surface area contributed by atoms with Gasteiger partial charge < -0.3 is 35.2 Å². The molecule has 0 saturated carbocycles. The third kappa shape index (κ3) is 19.3. The quantitative estimate of drug-likeness (QED) is 0.0420. The molecular formula is C32H61NO11S. The van der Waals surface area contributed by atoms with E-state index in [9.17, 15) is 33.6 Å². The molecule has 1 fully saturated rings. The zero-order valence-electron chi connectivity index (χ0n) is 27.4. The summed E-state index contributed by atoms with van der Waals surface area (Å²) in [6.07, 6.45) is 13.2. The minimum Gasteiger partial charge on any atom is -0.394 e. The van der Waals surface area contributed by atoms with E-state index in [1.165, 1.54) is 57.8 Å². The number of carbonyl (C=O) groups excluding carboxylic acids is 1. The normalized spacial score (nSPS) is 23.8. The Morgan fingerprint density at radius 2 is 1.40 bits per heavy atom. The van der Waals surface area contributed by atoms with Crippen LogP contribution in [-0.2, 0) is 28.9 Å². The van der Waals surface area contributed by atoms with Crippen molar-refractivity contribution in [2.45, 2.75) is 172 Å². The summed E-state index contributed by atoms with van der Waals surface area (Å²) in [6, 6.07) is -0.933. The molecule has 0 aromatic carbocycles. The van der Waals surface area contributed by atoms with Crippen molar-refractivity contribution in [3.63, 3.8) is 0 Å². The third-order valence-electron chi connectivity index (χ3n) is 8.07. The second-order valence-corrected chi connectivity index (χ2v) is 13.2. The van der Waals surface area contributed by atoms with E-state index in [2.05, 4.69) is 23.3 Å². The van der Waals surface area contributed by atoms with Crippen LogP contribution in [0.1, 0.15) is 129 Å². The summed E-state index contributed by atoms with van der Waals surface area (Å²) in [5.74, 6) is -0.278. The SMILES string of the molecule is CCCCCCCCCCCCC/C=C/[C@@H](O)[C@H](COC1OC(CO)C(O)C(OS(=O)(=O)O)C1O)NC(=O)CCCCCCC. The van der Waals surface area contributed by atoms with Gasteiger partial charge in [-0.15, -0.1) is 0 Å². The van der Waals surface area contributed by atoms with Crippen molar-refractivity contribution < 1.29 is 51.8 Å². The van der Waals surface area contributed by atoms with Gasteiger partial charge in [-0.05, 0) is 19.3 Å². The first kappa shape index (κ1) is 41.9. The predicted octanol–water partition coefficient (Wildman–Crippen LogP) is 4.09. The monoisotopic (exact) mass is 667 g/mol. The molecule has 1 amide bonds. The fraction of sp³-hybridized carbons (Fsp3) is 0.906. The lowest BCUT2D eigenvalue weighted by atomic mass is 9.99. The van der Waals surface area contributed by atoms with Crippen molar-refractivity contribution in [3.8, 4) is 0 Å². The summed E-state index contributed by atoms with van der Waals surface area (Å²) in [4.78, 5) is 12.7. The predicted molar refractivity (Wildman–Crippen MR) is 172 cm³/mol. The molecule has 0 aromatic rings. The average Bonchev–Trinajstić information content (AvgIpc) is 2.99. The highest BCUT2D eigenvalue weighted by molar-refractivity contribution is 7.80. The molecule has 0 aliphatic carbocycles. The Labute approximate surface area is 270 Å². The molecule has 6 N–H and O–H groups in total. The first-order chi connectivity index (χ1) is 21.5. The van der Waals surface area contributed by atoms with E-state index in [0.29, 0.717) is 6.42 Å². The number of unbranched alkanes of at least 4 members (excludes halogenated alkanes) is 15. The first-order valence-corrected chi connectivity index (χ1v) is 18.4. The molecule has 5 unspecified atom stereocenters. The van der Waals surface area contributed by atoms with E-state index in [0.717, 1.165) is 44.9 Å². The van der Waals surface area contributed by atoms with Gasteiger partial charge in [0.15, 0.2) is 6.29 Å². The van der Waals surface area contributed by atoms with E-state index in [1.54, 1.807) is 6.08 Å². The van der Waals surface area contributed by atoms with Gasteiger partial charge in [-0.1, -0.05) is 116 Å². The standard InChI is InChI=1S/C32H61NO11S/c1-3-5-7-9-10-11-12-13-14-15-16-18-19-21-26(35)25(33-28(36)22-20-17-8-6-4-2)24-42-32-30(38)31(44-45(39,40)41)29(37)27(23-34)43-32/h19,21,25-27,29-32,34-35,37-38H,3-18,20,22-24H2,1-2H3,(H,33,36)(H,39,40,41)/b21-19+/t25-,26+,27?,29?,30?,31?,32?/m0/s1. The number of aliphatic hydroxyl groups excluding tert-OH is 4. The van der Waals surface area contributed by atoms with Crippen molar-refractivity contribution >= 4 is 16.3 Å². The first-order valence-electron chi connectivity index (χ1n) is 17.1. The van der Waals surface area contributed by atoms with E-state index < -0.39 is 59.9 Å². The van der Waals surface area contributed by atoms with Crippen LogP contribution < -0.4 is 5.32 Å². The number of hydrogen-bond donors (Lipinski definition) is 6. The van der Waals surface area contributed by atoms with Gasteiger partial charge in [-0.3, -0.25) is 9.35 Å². The molecule has 1 saturated heterocycles. The largest absolute Gasteiger partial charge is 0.397 e. The highest BCUT2D eigenvalue weighted by atomic mass is 32.3. The number of rotatable bonds is 27. The molecule has 1 heterocycles. The van der Waals surface area contributed by atoms with Gasteiger partial charge in [0.2, 0.25) is 5.91 Å². The van der Waals surface area contributed by atoms with Gasteiger partial charge in [0, 0.05) is 6.42 Å². The van der Waals surface area contributed by atoms with Crippen LogP contribution in [0, 0.1) is 0 Å². The fourth-order valence-corrected chi connectivity index (χ4v) is 5.84. The van der Waals surface area contributed by atoms with Crippen LogP contribution in [0.3, 0.4) is 0 Å². The molecule has 12 nitrogen and oxygen atoms in total. The highest BCUT2D eigenvalue weighted by Crippen LogP contribution is 2.26. The van der Waals surface area contributed by atoms with Crippen LogP contribution in [0.15, 0.2) is 12.2 Å². The number of amides is 1. The maximum atomic E-state index is 12.7. The van der Waals surface area contributed by atoms with Gasteiger partial charge in [0.25, 0.3) is 0 Å². The van der Waals surface area contributed by atoms with Crippen molar-refractivity contribution in [1.29, 1.82) is 0 Å². The van der Waals surface area contributed by atoms with E-state index >= 15 is 0 Å². The molecule has 13 heteroatoms. The third-order valence-corrected chi connectivity index (χ3v) is 8.53. The molecule has 0 radical (unpaired) electrons. The van der Waals surface area contributed by atoms with Crippen molar-refractivity contribution in [1.82, 2.24) is 5.32 Å². The zero-order chi connectivity index (χ0) is 33.5. The van der Waals surface area contributed by atoms with Crippen molar-refractivity contribution in [2.75, 3.05) is 13.2 Å². The number of nitrogens with one attached hydrogen (secondary N) is 1. The number of carbonyl (C=O) groups is 1. The molecule has 0 aromatic heterocycles. The minimum absolute atomic E-state index is 0.265. The summed E-state index contributed by atoms with van der Waals surface area (Å²) in [6.45, 7) is 3.22. The average molecular weight is 668 g/mol. The Hall–Kier alpha value is -1.16. The highest BCUT2D eigenvalue weighted by Gasteiger charge is 2.48. The van der Waals surface area contributed by atoms with E-state index in [-0.39, 0.29) is 18.9 Å². The second kappa shape index (κ2) is 24.9. The van der Waals surface area contributed by atoms with Gasteiger partial charge in [-0.25, -0.2) is 4.18 Å². The summed E-state index contributed by atoms with van der Waals surface area (Å²) >= 11 is 0.